The van der Waals surface area contributed by atoms with Crippen molar-refractivity contribution in [3.63, 3.8) is 0 Å². The van der Waals surface area contributed by atoms with Gasteiger partial charge >= 0.3 is 0 Å². The van der Waals surface area contributed by atoms with Gasteiger partial charge in [0, 0.05) is 16.4 Å². The van der Waals surface area contributed by atoms with E-state index in [1.54, 1.807) is 0 Å². The lowest BCUT2D eigenvalue weighted by molar-refractivity contribution is 0.602. The maximum atomic E-state index is 10.9. The molecule has 1 aromatic rings. The smallest absolute Gasteiger partial charge is 0.149 e. The highest BCUT2D eigenvalue weighted by Gasteiger charge is 2.03. The van der Waals surface area contributed by atoms with Gasteiger partial charge in [0.05, 0.1) is 17.1 Å². The Bertz CT molecular complexity index is 445. The summed E-state index contributed by atoms with van der Waals surface area (Å²) < 4.78 is 22.8. The van der Waals surface area contributed by atoms with E-state index in [0.29, 0.717) is 12.2 Å². The summed E-state index contributed by atoms with van der Waals surface area (Å²) in [7, 11) is -2.92. The quantitative estimate of drug-likeness (QED) is 0.641. The standard InChI is InChI=1S/C9H13IN2O2S/c1-15(13,14)5-4-12-9-3-2-7(10)6-8(9)11/h2-3,6,12H,4-5,11H2,1H3. The highest BCUT2D eigenvalue weighted by Crippen LogP contribution is 2.20. The summed E-state index contributed by atoms with van der Waals surface area (Å²) >= 11 is 2.17. The summed E-state index contributed by atoms with van der Waals surface area (Å²) in [6.07, 6.45) is 1.21. The second kappa shape index (κ2) is 5.02. The maximum Gasteiger partial charge on any atom is 0.149 e. The number of halogens is 1. The van der Waals surface area contributed by atoms with E-state index < -0.39 is 9.84 Å². The van der Waals surface area contributed by atoms with Crippen molar-refractivity contribution in [1.82, 2.24) is 0 Å². The van der Waals surface area contributed by atoms with Crippen LogP contribution in [0.15, 0.2) is 18.2 Å². The first-order valence-corrected chi connectivity index (χ1v) is 7.49. The van der Waals surface area contributed by atoms with Crippen LogP contribution < -0.4 is 11.1 Å². The molecule has 4 nitrogen and oxygen atoms in total. The van der Waals surface area contributed by atoms with Crippen LogP contribution >= 0.6 is 22.6 Å². The Labute approximate surface area is 103 Å². The van der Waals surface area contributed by atoms with Crippen LogP contribution in [-0.4, -0.2) is 27.0 Å². The number of nitrogens with two attached hydrogens (primary N) is 1. The Morgan fingerprint density at radius 3 is 2.67 bits per heavy atom. The molecule has 0 spiro atoms. The van der Waals surface area contributed by atoms with E-state index in [-0.39, 0.29) is 5.75 Å². The van der Waals surface area contributed by atoms with Crippen LogP contribution in [0.2, 0.25) is 0 Å². The molecule has 84 valence electrons. The number of rotatable bonds is 4. The van der Waals surface area contributed by atoms with E-state index in [9.17, 15) is 8.42 Å². The average molecular weight is 340 g/mol. The van der Waals surface area contributed by atoms with Gasteiger partial charge in [0.2, 0.25) is 0 Å². The second-order valence-electron chi connectivity index (χ2n) is 3.29. The van der Waals surface area contributed by atoms with Crippen molar-refractivity contribution in [2.75, 3.05) is 29.6 Å². The molecule has 0 fully saturated rings. The second-order valence-corrected chi connectivity index (χ2v) is 6.79. The van der Waals surface area contributed by atoms with Crippen LogP contribution in [0, 0.1) is 3.57 Å². The Hall–Kier alpha value is -0.500. The molecule has 3 N–H and O–H groups in total. The van der Waals surface area contributed by atoms with Crippen molar-refractivity contribution < 1.29 is 8.42 Å². The monoisotopic (exact) mass is 340 g/mol. The number of hydrogen-bond donors (Lipinski definition) is 2. The Morgan fingerprint density at radius 1 is 1.47 bits per heavy atom. The number of nitrogen functional groups attached to an aromatic ring is 1. The molecular formula is C9H13IN2O2S. The number of hydrogen-bond acceptors (Lipinski definition) is 4. The van der Waals surface area contributed by atoms with Gasteiger partial charge in [-0.1, -0.05) is 0 Å². The Morgan fingerprint density at radius 2 is 2.13 bits per heavy atom. The molecule has 0 heterocycles. The first kappa shape index (κ1) is 12.6. The lowest BCUT2D eigenvalue weighted by Gasteiger charge is -2.08. The van der Waals surface area contributed by atoms with Crippen LogP contribution in [0.1, 0.15) is 0 Å². The fourth-order valence-corrected chi connectivity index (χ4v) is 2.05. The fraction of sp³-hybridized carbons (Fsp3) is 0.333. The summed E-state index contributed by atoms with van der Waals surface area (Å²) in [4.78, 5) is 0. The van der Waals surface area contributed by atoms with Crippen molar-refractivity contribution in [3.8, 4) is 0 Å². The van der Waals surface area contributed by atoms with E-state index in [0.717, 1.165) is 9.26 Å². The van der Waals surface area contributed by atoms with Crippen molar-refractivity contribution >= 4 is 43.8 Å². The molecule has 0 radical (unpaired) electrons. The summed E-state index contributed by atoms with van der Waals surface area (Å²) in [5, 5.41) is 2.99. The molecule has 1 aromatic carbocycles. The topological polar surface area (TPSA) is 72.2 Å². The van der Waals surface area contributed by atoms with Gasteiger partial charge in [-0.25, -0.2) is 8.42 Å². The van der Waals surface area contributed by atoms with Crippen LogP contribution in [0.4, 0.5) is 11.4 Å². The molecule has 15 heavy (non-hydrogen) atoms. The van der Waals surface area contributed by atoms with Gasteiger partial charge in [0.25, 0.3) is 0 Å². The van der Waals surface area contributed by atoms with E-state index in [2.05, 4.69) is 27.9 Å². The SMILES string of the molecule is CS(=O)(=O)CCNc1ccc(I)cc1N. The molecule has 0 atom stereocenters. The predicted octanol–water partition coefficient (Wildman–Crippen LogP) is 1.33. The van der Waals surface area contributed by atoms with Crippen LogP contribution in [0.5, 0.6) is 0 Å². The maximum absolute atomic E-state index is 10.9. The van der Waals surface area contributed by atoms with Gasteiger partial charge in [-0.05, 0) is 40.8 Å². The summed E-state index contributed by atoms with van der Waals surface area (Å²) in [6.45, 7) is 0.379. The zero-order valence-corrected chi connectivity index (χ0v) is 11.3. The van der Waals surface area contributed by atoms with Gasteiger partial charge in [0.1, 0.15) is 9.84 Å². The zero-order valence-electron chi connectivity index (χ0n) is 8.33. The molecule has 0 aliphatic carbocycles. The van der Waals surface area contributed by atoms with E-state index >= 15 is 0 Å². The third kappa shape index (κ3) is 4.70. The van der Waals surface area contributed by atoms with E-state index in [1.807, 2.05) is 18.2 Å². The van der Waals surface area contributed by atoms with Gasteiger partial charge in [-0.15, -0.1) is 0 Å². The molecular weight excluding hydrogens is 327 g/mol. The fourth-order valence-electron chi connectivity index (χ4n) is 1.07. The molecule has 0 saturated carbocycles. The molecule has 0 aliphatic rings. The number of anilines is 2. The molecule has 1 rings (SSSR count). The van der Waals surface area contributed by atoms with Crippen molar-refractivity contribution in [3.05, 3.63) is 21.8 Å². The lowest BCUT2D eigenvalue weighted by Crippen LogP contribution is -2.14. The molecule has 0 aliphatic heterocycles. The highest BCUT2D eigenvalue weighted by molar-refractivity contribution is 14.1. The van der Waals surface area contributed by atoms with Crippen LogP contribution in [-0.2, 0) is 9.84 Å². The molecule has 6 heteroatoms. The Balaban J connectivity index is 2.59. The van der Waals surface area contributed by atoms with Crippen molar-refractivity contribution in [2.24, 2.45) is 0 Å². The minimum Gasteiger partial charge on any atom is -0.397 e. The zero-order chi connectivity index (χ0) is 11.5. The minimum atomic E-state index is -2.92. The highest BCUT2D eigenvalue weighted by atomic mass is 127. The van der Waals surface area contributed by atoms with Gasteiger partial charge in [0.15, 0.2) is 0 Å². The number of sulfone groups is 1. The average Bonchev–Trinajstić information content (AvgIpc) is 2.07. The van der Waals surface area contributed by atoms with E-state index in [4.69, 9.17) is 5.73 Å². The normalized spacial score (nSPS) is 11.3. The van der Waals surface area contributed by atoms with Crippen molar-refractivity contribution in [1.29, 1.82) is 0 Å². The van der Waals surface area contributed by atoms with E-state index in [1.165, 1.54) is 6.26 Å². The molecule has 0 unspecified atom stereocenters. The molecule has 0 amide bonds. The van der Waals surface area contributed by atoms with Crippen molar-refractivity contribution in [2.45, 2.75) is 0 Å². The largest absolute Gasteiger partial charge is 0.397 e. The minimum absolute atomic E-state index is 0.110. The summed E-state index contributed by atoms with van der Waals surface area (Å²) in [5.74, 6) is 0.110. The predicted molar refractivity (Wildman–Crippen MR) is 71.8 cm³/mol. The third-order valence-corrected chi connectivity index (χ3v) is 3.42. The van der Waals surface area contributed by atoms with Crippen LogP contribution in [0.3, 0.4) is 0 Å². The first-order chi connectivity index (χ1) is 6.88. The first-order valence-electron chi connectivity index (χ1n) is 4.35. The van der Waals surface area contributed by atoms with Crippen LogP contribution in [0.25, 0.3) is 0 Å². The van der Waals surface area contributed by atoms with Gasteiger partial charge in [-0.2, -0.15) is 0 Å². The number of nitrogens with one attached hydrogen (secondary N) is 1. The molecule has 0 aromatic heterocycles. The van der Waals surface area contributed by atoms with Gasteiger partial charge in [-0.3, -0.25) is 0 Å². The van der Waals surface area contributed by atoms with Gasteiger partial charge < -0.3 is 11.1 Å². The summed E-state index contributed by atoms with van der Waals surface area (Å²) in [6, 6.07) is 5.60. The third-order valence-electron chi connectivity index (χ3n) is 1.80. The Kier molecular flexibility index (Phi) is 4.21. The number of benzene rings is 1. The summed E-state index contributed by atoms with van der Waals surface area (Å²) in [5.41, 5.74) is 7.17. The molecule has 0 saturated heterocycles. The lowest BCUT2D eigenvalue weighted by atomic mass is 10.3. The molecule has 0 bridgehead atoms.